The Morgan fingerprint density at radius 3 is 2.12 bits per heavy atom. The van der Waals surface area contributed by atoms with E-state index in [1.807, 2.05) is 0 Å². The molecule has 6 rings (SSSR count). The third-order valence-electron chi connectivity index (χ3n) is 6.43. The Morgan fingerprint density at radius 2 is 1.60 bits per heavy atom. The monoisotopic (exact) mass is 337 g/mol. The molecule has 4 aliphatic carbocycles. The number of carbonyl (C=O) groups excluding carboxylic acids is 3. The number of amides is 3. The molecule has 1 heterocycles. The second-order valence-corrected chi connectivity index (χ2v) is 7.59. The number of methoxy groups -OCH3 is 1. The molecule has 128 valence electrons. The van der Waals surface area contributed by atoms with Gasteiger partial charge in [-0.15, -0.1) is 0 Å². The van der Waals surface area contributed by atoms with E-state index in [0.29, 0.717) is 17.6 Å². The summed E-state index contributed by atoms with van der Waals surface area (Å²) in [5.74, 6) is 0.494. The highest BCUT2D eigenvalue weighted by Crippen LogP contribution is 2.65. The smallest absolute Gasteiger partial charge is 0.240 e. The minimum atomic E-state index is -0.414. The molecule has 25 heavy (non-hydrogen) atoms. The normalized spacial score (nSPS) is 37.1. The van der Waals surface area contributed by atoms with Crippen LogP contribution in [0.5, 0.6) is 5.75 Å². The molecule has 0 N–H and O–H groups in total. The molecule has 1 aromatic rings. The molecule has 5 heteroatoms. The summed E-state index contributed by atoms with van der Waals surface area (Å²) < 4.78 is 5.11. The zero-order valence-electron chi connectivity index (χ0n) is 13.9. The first-order chi connectivity index (χ1) is 12.1. The van der Waals surface area contributed by atoms with Gasteiger partial charge in [0.1, 0.15) is 5.75 Å². The molecule has 5 nitrogen and oxygen atoms in total. The van der Waals surface area contributed by atoms with Gasteiger partial charge < -0.3 is 4.74 Å². The van der Waals surface area contributed by atoms with E-state index < -0.39 is 5.91 Å². The maximum Gasteiger partial charge on any atom is 0.240 e. The van der Waals surface area contributed by atoms with Gasteiger partial charge in [0, 0.05) is 0 Å². The van der Waals surface area contributed by atoms with Crippen molar-refractivity contribution in [3.63, 3.8) is 0 Å². The summed E-state index contributed by atoms with van der Waals surface area (Å²) in [6.07, 6.45) is 5.40. The first-order valence-corrected chi connectivity index (χ1v) is 8.82. The Hall–Kier alpha value is -2.43. The third kappa shape index (κ3) is 1.98. The van der Waals surface area contributed by atoms with Crippen LogP contribution in [0.3, 0.4) is 0 Å². The minimum absolute atomic E-state index is 0.0521. The Balaban J connectivity index is 1.38. The lowest BCUT2D eigenvalue weighted by Crippen LogP contribution is -2.40. The van der Waals surface area contributed by atoms with E-state index in [2.05, 4.69) is 12.2 Å². The molecular weight excluding hydrogens is 318 g/mol. The van der Waals surface area contributed by atoms with Gasteiger partial charge in [0.25, 0.3) is 0 Å². The Bertz CT molecular complexity index is 775. The second-order valence-electron chi connectivity index (χ2n) is 7.59. The van der Waals surface area contributed by atoms with E-state index >= 15 is 0 Å². The average molecular weight is 337 g/mol. The number of hydrogen-bond donors (Lipinski definition) is 0. The number of nitrogens with zero attached hydrogens (tertiary/aromatic N) is 1. The summed E-state index contributed by atoms with van der Waals surface area (Å²) in [7, 11) is 1.58. The minimum Gasteiger partial charge on any atom is -0.497 e. The quantitative estimate of drug-likeness (QED) is 0.623. The molecule has 5 aliphatic rings. The number of benzene rings is 1. The fraction of sp³-hybridized carbons (Fsp3) is 0.450. The lowest BCUT2D eigenvalue weighted by atomic mass is 9.63. The standard InChI is InChI=1S/C20H19NO4/c1-25-11-4-2-10(3-5-11)8-16(22)21-19(23)17-12-6-7-13(15-9-14(12)15)18(17)20(21)24/h2-7,12-15,17-18H,8-9H2,1H3/t12-,13-,14-,15-,17+,18+/m0/s1. The van der Waals surface area contributed by atoms with E-state index in [1.54, 1.807) is 31.4 Å². The number of rotatable bonds is 3. The Labute approximate surface area is 145 Å². The molecule has 3 amide bonds. The summed E-state index contributed by atoms with van der Waals surface area (Å²) in [6.45, 7) is 0. The van der Waals surface area contributed by atoms with Crippen LogP contribution < -0.4 is 4.74 Å². The summed E-state index contributed by atoms with van der Waals surface area (Å²) in [4.78, 5) is 39.4. The number of ether oxygens (including phenoxy) is 1. The Morgan fingerprint density at radius 1 is 1.04 bits per heavy atom. The van der Waals surface area contributed by atoms with Gasteiger partial charge in [0.2, 0.25) is 17.7 Å². The van der Waals surface area contributed by atoms with Crippen molar-refractivity contribution in [3.8, 4) is 5.75 Å². The van der Waals surface area contributed by atoms with Crippen LogP contribution in [0.1, 0.15) is 12.0 Å². The van der Waals surface area contributed by atoms with Crippen LogP contribution in [0.15, 0.2) is 36.4 Å². The van der Waals surface area contributed by atoms with Crippen LogP contribution in [0.2, 0.25) is 0 Å². The topological polar surface area (TPSA) is 63.7 Å². The molecular formula is C20H19NO4. The maximum absolute atomic E-state index is 12.9. The fourth-order valence-corrected chi connectivity index (χ4v) is 5.20. The number of likely N-dealkylation sites (tertiary alicyclic amines) is 1. The van der Waals surface area contributed by atoms with Crippen molar-refractivity contribution in [2.24, 2.45) is 35.5 Å². The second kappa shape index (κ2) is 5.04. The lowest BCUT2D eigenvalue weighted by molar-refractivity contribution is -0.150. The molecule has 0 unspecified atom stereocenters. The average Bonchev–Trinajstić information content (AvgIpc) is 3.39. The van der Waals surface area contributed by atoms with Crippen molar-refractivity contribution < 1.29 is 19.1 Å². The lowest BCUT2D eigenvalue weighted by Gasteiger charge is -2.37. The van der Waals surface area contributed by atoms with Gasteiger partial charge in [-0.05, 0) is 47.8 Å². The summed E-state index contributed by atoms with van der Waals surface area (Å²) in [5, 5.41) is 0. The van der Waals surface area contributed by atoms with E-state index in [0.717, 1.165) is 16.9 Å². The van der Waals surface area contributed by atoms with Gasteiger partial charge in [0.05, 0.1) is 25.4 Å². The summed E-state index contributed by atoms with van der Waals surface area (Å²) in [5.41, 5.74) is 0.769. The van der Waals surface area contributed by atoms with Gasteiger partial charge in [0.15, 0.2) is 0 Å². The van der Waals surface area contributed by atoms with Crippen LogP contribution in [-0.4, -0.2) is 29.7 Å². The van der Waals surface area contributed by atoms with Crippen LogP contribution in [0.25, 0.3) is 0 Å². The number of allylic oxidation sites excluding steroid dienone is 2. The molecule has 2 bridgehead atoms. The van der Waals surface area contributed by atoms with Crippen molar-refractivity contribution >= 4 is 17.7 Å². The highest BCUT2D eigenvalue weighted by Gasteiger charge is 2.67. The molecule has 0 aromatic heterocycles. The molecule has 1 aromatic carbocycles. The van der Waals surface area contributed by atoms with E-state index in [1.165, 1.54) is 0 Å². The molecule has 0 radical (unpaired) electrons. The molecule has 0 spiro atoms. The Kier molecular flexibility index (Phi) is 3.00. The number of hydrogen-bond acceptors (Lipinski definition) is 4. The van der Waals surface area contributed by atoms with Crippen LogP contribution in [0, 0.1) is 35.5 Å². The predicted octanol–water partition coefficient (Wildman–Crippen LogP) is 1.82. The SMILES string of the molecule is COc1ccc(CC(=O)N2C(=O)[C@@H]3[C@H]4C=C[C@@H]([C@@H]5C[C@@H]45)[C@H]3C2=O)cc1. The third-order valence-corrected chi connectivity index (χ3v) is 6.43. The van der Waals surface area contributed by atoms with Crippen molar-refractivity contribution in [1.29, 1.82) is 0 Å². The zero-order chi connectivity index (χ0) is 17.3. The van der Waals surface area contributed by atoms with Crippen molar-refractivity contribution in [2.45, 2.75) is 12.8 Å². The molecule has 1 aliphatic heterocycles. The first kappa shape index (κ1) is 14.9. The highest BCUT2D eigenvalue weighted by molar-refractivity contribution is 6.18. The van der Waals surface area contributed by atoms with Crippen LogP contribution >= 0.6 is 0 Å². The number of carbonyl (C=O) groups is 3. The number of imide groups is 3. The van der Waals surface area contributed by atoms with Crippen molar-refractivity contribution in [2.75, 3.05) is 7.11 Å². The largest absolute Gasteiger partial charge is 0.497 e. The summed E-state index contributed by atoms with van der Waals surface area (Å²) >= 11 is 0. The van der Waals surface area contributed by atoms with Gasteiger partial charge in [-0.2, -0.15) is 0 Å². The fourth-order valence-electron chi connectivity index (χ4n) is 5.20. The molecule has 2 saturated carbocycles. The van der Waals surface area contributed by atoms with Crippen LogP contribution in [0.4, 0.5) is 0 Å². The van der Waals surface area contributed by atoms with Crippen molar-refractivity contribution in [3.05, 3.63) is 42.0 Å². The zero-order valence-corrected chi connectivity index (χ0v) is 13.9. The predicted molar refractivity (Wildman–Crippen MR) is 88.3 cm³/mol. The van der Waals surface area contributed by atoms with E-state index in [9.17, 15) is 14.4 Å². The van der Waals surface area contributed by atoms with Gasteiger partial charge in [-0.1, -0.05) is 24.3 Å². The van der Waals surface area contributed by atoms with E-state index in [4.69, 9.17) is 4.74 Å². The highest BCUT2D eigenvalue weighted by atomic mass is 16.5. The molecule has 1 saturated heterocycles. The molecule has 6 atom stereocenters. The van der Waals surface area contributed by atoms with Gasteiger partial charge >= 0.3 is 0 Å². The van der Waals surface area contributed by atoms with Crippen LogP contribution in [-0.2, 0) is 20.8 Å². The first-order valence-electron chi connectivity index (χ1n) is 8.82. The molecule has 3 fully saturated rings. The van der Waals surface area contributed by atoms with Crippen molar-refractivity contribution in [1.82, 2.24) is 4.90 Å². The van der Waals surface area contributed by atoms with Gasteiger partial charge in [-0.3, -0.25) is 14.4 Å². The maximum atomic E-state index is 12.9. The summed E-state index contributed by atoms with van der Waals surface area (Å²) in [6, 6.07) is 7.12. The van der Waals surface area contributed by atoms with E-state index in [-0.39, 0.29) is 41.9 Å². The van der Waals surface area contributed by atoms with Gasteiger partial charge in [-0.25, -0.2) is 4.90 Å².